The van der Waals surface area contributed by atoms with Crippen LogP contribution in [0.2, 0.25) is 0 Å². The van der Waals surface area contributed by atoms with Crippen LogP contribution in [0.25, 0.3) is 78.1 Å². The van der Waals surface area contributed by atoms with E-state index in [1.807, 2.05) is 36.2 Å². The lowest BCUT2D eigenvalue weighted by Crippen LogP contribution is -2.34. The van der Waals surface area contributed by atoms with Gasteiger partial charge in [0, 0.05) is 49.6 Å². The monoisotopic (exact) mass is 745 g/mol. The van der Waals surface area contributed by atoms with Crippen LogP contribution < -0.4 is 0 Å². The van der Waals surface area contributed by atoms with Crippen molar-refractivity contribution >= 4 is 33.7 Å². The Morgan fingerprint density at radius 3 is 1.93 bits per heavy atom. The van der Waals surface area contributed by atoms with Crippen LogP contribution in [0.3, 0.4) is 0 Å². The molecule has 0 saturated carbocycles. The molecule has 2 aliphatic rings. The Balaban J connectivity index is 1.22. The van der Waals surface area contributed by atoms with Gasteiger partial charge in [-0.05, 0) is 93.0 Å². The molecule has 0 amide bonds. The number of para-hydroxylation sites is 1. The molecule has 57 heavy (non-hydrogen) atoms. The predicted molar refractivity (Wildman–Crippen MR) is 230 cm³/mol. The van der Waals surface area contributed by atoms with E-state index in [-0.39, 0.29) is 0 Å². The van der Waals surface area contributed by atoms with Crippen molar-refractivity contribution in [1.82, 2.24) is 15.0 Å². The zero-order chi connectivity index (χ0) is 37.5. The van der Waals surface area contributed by atoms with E-state index in [2.05, 4.69) is 163 Å². The van der Waals surface area contributed by atoms with Gasteiger partial charge in [0.05, 0.1) is 16.8 Å². The van der Waals surface area contributed by atoms with E-state index in [4.69, 9.17) is 14.4 Å². The summed E-state index contributed by atoms with van der Waals surface area (Å²) in [6, 6.07) is 63.1. The fraction of sp³-hybridized carbons (Fsp3) is 0.0192. The van der Waals surface area contributed by atoms with Gasteiger partial charge in [0.25, 0.3) is 0 Å². The zero-order valence-electron chi connectivity index (χ0n) is 30.6. The molecule has 5 heteroatoms. The number of hydrogen-bond acceptors (Lipinski definition) is 5. The molecular formula is C52H31N3OS. The number of furan rings is 1. The number of rotatable bonds is 3. The lowest BCUT2D eigenvalue weighted by Gasteiger charge is -2.42. The summed E-state index contributed by atoms with van der Waals surface area (Å²) in [5.41, 5.74) is 15.3. The Morgan fingerprint density at radius 2 is 1.11 bits per heavy atom. The van der Waals surface area contributed by atoms with Crippen molar-refractivity contribution in [3.63, 3.8) is 0 Å². The summed E-state index contributed by atoms with van der Waals surface area (Å²) in [5.74, 6) is 0.658. The lowest BCUT2D eigenvalue weighted by molar-refractivity contribution is 0.660. The van der Waals surface area contributed by atoms with E-state index in [9.17, 15) is 0 Å². The van der Waals surface area contributed by atoms with E-state index in [0.717, 1.165) is 50.0 Å². The number of pyridine rings is 1. The molecule has 0 saturated heterocycles. The first-order valence-corrected chi connectivity index (χ1v) is 20.0. The second-order valence-electron chi connectivity index (χ2n) is 14.7. The van der Waals surface area contributed by atoms with Crippen LogP contribution in [0, 0.1) is 0 Å². The molecule has 0 N–H and O–H groups in total. The Hall–Kier alpha value is -7.08. The fourth-order valence-electron chi connectivity index (χ4n) is 9.20. The molecule has 266 valence electrons. The molecule has 0 bridgehead atoms. The van der Waals surface area contributed by atoms with Gasteiger partial charge in [0.15, 0.2) is 5.82 Å². The summed E-state index contributed by atoms with van der Waals surface area (Å²) >= 11 is 1.84. The van der Waals surface area contributed by atoms with Gasteiger partial charge in [-0.15, -0.1) is 0 Å². The lowest BCUT2D eigenvalue weighted by atomic mass is 9.63. The number of hydrogen-bond donors (Lipinski definition) is 0. The van der Waals surface area contributed by atoms with E-state index in [0.29, 0.717) is 5.82 Å². The van der Waals surface area contributed by atoms with Crippen LogP contribution in [-0.4, -0.2) is 15.0 Å². The van der Waals surface area contributed by atoms with Crippen LogP contribution in [0.5, 0.6) is 0 Å². The summed E-state index contributed by atoms with van der Waals surface area (Å²) in [4.78, 5) is 17.5. The van der Waals surface area contributed by atoms with Crippen molar-refractivity contribution in [2.75, 3.05) is 0 Å². The molecule has 1 aliphatic carbocycles. The first kappa shape index (κ1) is 32.2. The Labute approximate surface area is 333 Å². The highest BCUT2D eigenvalue weighted by atomic mass is 32.2. The van der Waals surface area contributed by atoms with Gasteiger partial charge in [-0.1, -0.05) is 139 Å². The first-order chi connectivity index (χ1) is 28.2. The summed E-state index contributed by atoms with van der Waals surface area (Å²) in [6.45, 7) is 0. The summed E-state index contributed by atoms with van der Waals surface area (Å²) < 4.78 is 6.68. The third-order valence-corrected chi connectivity index (χ3v) is 12.8. The van der Waals surface area contributed by atoms with Gasteiger partial charge in [0.2, 0.25) is 0 Å². The van der Waals surface area contributed by atoms with Gasteiger partial charge < -0.3 is 4.42 Å². The van der Waals surface area contributed by atoms with Crippen LogP contribution in [0.4, 0.5) is 0 Å². The minimum Gasteiger partial charge on any atom is -0.456 e. The normalized spacial score (nSPS) is 15.0. The maximum atomic E-state index is 6.68. The van der Waals surface area contributed by atoms with E-state index in [1.165, 1.54) is 54.3 Å². The number of fused-ring (bicyclic) bond motifs is 14. The molecule has 12 rings (SSSR count). The second kappa shape index (κ2) is 12.5. The van der Waals surface area contributed by atoms with Crippen molar-refractivity contribution < 1.29 is 4.42 Å². The average molecular weight is 746 g/mol. The van der Waals surface area contributed by atoms with Gasteiger partial charge in [-0.3, -0.25) is 4.98 Å². The van der Waals surface area contributed by atoms with E-state index < -0.39 is 5.41 Å². The standard InChI is InChI=1S/C52H31N3OS/c1-2-13-32(14-3-1)45-30-46(34-15-12-26-53-31-34)55-51(54-45)33-24-25-38-36-17-5-4-16-35(36)37-18-6-8-20-41(37)52(43(38)27-33)42-21-9-11-23-49(42)57-50-28-40-39-19-7-10-22-47(39)56-48(40)29-44(50)52/h1-31H. The van der Waals surface area contributed by atoms with Gasteiger partial charge in [0.1, 0.15) is 11.2 Å². The average Bonchev–Trinajstić information content (AvgIpc) is 3.60. The molecule has 4 heterocycles. The second-order valence-corrected chi connectivity index (χ2v) is 15.8. The molecule has 10 aromatic rings. The first-order valence-electron chi connectivity index (χ1n) is 19.2. The molecule has 7 aromatic carbocycles. The predicted octanol–water partition coefficient (Wildman–Crippen LogP) is 13.3. The largest absolute Gasteiger partial charge is 0.456 e. The van der Waals surface area contributed by atoms with E-state index in [1.54, 1.807) is 6.20 Å². The SMILES string of the molecule is c1ccc(-c2cc(-c3cccnc3)nc(-c3ccc4c(c3)C3(c5ccccc5Sc5cc6c(cc53)oc3ccccc36)c3ccccc3-c3ccccc3-4)n2)cc1. The maximum Gasteiger partial charge on any atom is 0.160 e. The van der Waals surface area contributed by atoms with Crippen LogP contribution >= 0.6 is 11.8 Å². The quantitative estimate of drug-likeness (QED) is 0.180. The molecule has 3 aromatic heterocycles. The van der Waals surface area contributed by atoms with Crippen LogP contribution in [0.15, 0.2) is 203 Å². The topological polar surface area (TPSA) is 51.8 Å². The summed E-state index contributed by atoms with van der Waals surface area (Å²) in [7, 11) is 0. The molecule has 1 spiro atoms. The highest BCUT2D eigenvalue weighted by Crippen LogP contribution is 2.62. The Kier molecular flexibility index (Phi) is 7.04. The number of benzene rings is 7. The van der Waals surface area contributed by atoms with Gasteiger partial charge in [-0.25, -0.2) is 9.97 Å². The fourth-order valence-corrected chi connectivity index (χ4v) is 10.4. The maximum absolute atomic E-state index is 6.68. The van der Waals surface area contributed by atoms with Crippen molar-refractivity contribution in [2.45, 2.75) is 15.2 Å². The minimum atomic E-state index is -0.728. The minimum absolute atomic E-state index is 0.658. The zero-order valence-corrected chi connectivity index (χ0v) is 31.4. The molecule has 1 aliphatic heterocycles. The smallest absolute Gasteiger partial charge is 0.160 e. The van der Waals surface area contributed by atoms with Crippen molar-refractivity contribution in [1.29, 1.82) is 0 Å². The highest BCUT2D eigenvalue weighted by molar-refractivity contribution is 7.99. The van der Waals surface area contributed by atoms with E-state index >= 15 is 0 Å². The molecule has 0 fully saturated rings. The molecular weight excluding hydrogens is 715 g/mol. The van der Waals surface area contributed by atoms with Crippen molar-refractivity contribution in [3.05, 3.63) is 211 Å². The van der Waals surface area contributed by atoms with Gasteiger partial charge >= 0.3 is 0 Å². The molecule has 1 atom stereocenters. The third-order valence-electron chi connectivity index (χ3n) is 11.7. The molecule has 4 nitrogen and oxygen atoms in total. The summed E-state index contributed by atoms with van der Waals surface area (Å²) in [6.07, 6.45) is 3.66. The molecule has 0 radical (unpaired) electrons. The summed E-state index contributed by atoms with van der Waals surface area (Å²) in [5, 5.41) is 2.25. The van der Waals surface area contributed by atoms with Crippen LogP contribution in [0.1, 0.15) is 22.3 Å². The highest BCUT2D eigenvalue weighted by Gasteiger charge is 2.48. The third kappa shape index (κ3) is 4.79. The van der Waals surface area contributed by atoms with Gasteiger partial charge in [-0.2, -0.15) is 0 Å². The number of nitrogens with zero attached hydrogens (tertiary/aromatic N) is 3. The van der Waals surface area contributed by atoms with Crippen LogP contribution in [-0.2, 0) is 5.41 Å². The van der Waals surface area contributed by atoms with Crippen molar-refractivity contribution in [3.8, 4) is 56.2 Å². The number of aromatic nitrogens is 3. The Morgan fingerprint density at radius 1 is 0.421 bits per heavy atom. The molecule has 1 unspecified atom stereocenters. The Bertz CT molecular complexity index is 3170. The van der Waals surface area contributed by atoms with Crippen molar-refractivity contribution in [2.24, 2.45) is 0 Å².